The molecule has 0 radical (unpaired) electrons. The van der Waals surface area contributed by atoms with Gasteiger partial charge in [0.25, 0.3) is 0 Å². The minimum absolute atomic E-state index is 0.000486. The average molecular weight is 140 g/mol. The van der Waals surface area contributed by atoms with Crippen molar-refractivity contribution in [3.63, 3.8) is 0 Å². The van der Waals surface area contributed by atoms with Gasteiger partial charge in [0.05, 0.1) is 6.61 Å². The van der Waals surface area contributed by atoms with Crippen LogP contribution in [-0.4, -0.2) is 19.9 Å². The van der Waals surface area contributed by atoms with Crippen LogP contribution in [0.2, 0.25) is 0 Å². The highest BCUT2D eigenvalue weighted by atomic mass is 19.4. The van der Waals surface area contributed by atoms with E-state index in [1.807, 2.05) is 0 Å². The van der Waals surface area contributed by atoms with Crippen LogP contribution in [0.25, 0.3) is 0 Å². The number of ether oxygens (including phenoxy) is 1. The van der Waals surface area contributed by atoms with Crippen LogP contribution in [0.1, 0.15) is 0 Å². The first-order valence-electron chi connectivity index (χ1n) is 2.29. The van der Waals surface area contributed by atoms with Gasteiger partial charge in [-0.25, -0.2) is 0 Å². The van der Waals surface area contributed by atoms with Crippen LogP contribution in [0.4, 0.5) is 13.2 Å². The van der Waals surface area contributed by atoms with Gasteiger partial charge in [-0.3, -0.25) is 0 Å². The Kier molecular flexibility index (Phi) is 3.30. The molecule has 0 heterocycles. The summed E-state index contributed by atoms with van der Waals surface area (Å²) in [6.07, 6.45) is -3.14. The number of methoxy groups -OCH3 is 1. The van der Waals surface area contributed by atoms with E-state index in [1.54, 1.807) is 0 Å². The largest absolute Gasteiger partial charge is 0.409 e. The second-order valence-electron chi connectivity index (χ2n) is 1.40. The third-order valence-electron chi connectivity index (χ3n) is 0.570. The van der Waals surface area contributed by atoms with Gasteiger partial charge >= 0.3 is 6.18 Å². The van der Waals surface area contributed by atoms with E-state index in [0.29, 0.717) is 0 Å². The minimum Gasteiger partial charge on any atom is -0.381 e. The fourth-order valence-corrected chi connectivity index (χ4v) is 0.278. The van der Waals surface area contributed by atoms with Gasteiger partial charge in [-0.15, -0.1) is 0 Å². The molecule has 0 unspecified atom stereocenters. The fraction of sp³-hybridized carbons (Fsp3) is 0.600. The van der Waals surface area contributed by atoms with Gasteiger partial charge in [0, 0.05) is 13.2 Å². The van der Waals surface area contributed by atoms with Crippen molar-refractivity contribution in [2.45, 2.75) is 6.18 Å². The summed E-state index contributed by atoms with van der Waals surface area (Å²) in [6, 6.07) is 0. The summed E-state index contributed by atoms with van der Waals surface area (Å²) in [5.74, 6) is 0. The SMILES string of the molecule is COCC=CC(F)(F)F. The Morgan fingerprint density at radius 2 is 2.00 bits per heavy atom. The third kappa shape index (κ3) is 7.49. The molecular weight excluding hydrogens is 133 g/mol. The molecule has 0 aliphatic heterocycles. The third-order valence-corrected chi connectivity index (χ3v) is 0.570. The fourth-order valence-electron chi connectivity index (χ4n) is 0.278. The van der Waals surface area contributed by atoms with E-state index in [0.717, 1.165) is 6.08 Å². The maximum absolute atomic E-state index is 11.2. The van der Waals surface area contributed by atoms with Crippen molar-refractivity contribution in [2.75, 3.05) is 13.7 Å². The number of alkyl halides is 3. The predicted molar refractivity (Wildman–Crippen MR) is 27.1 cm³/mol. The Bertz CT molecular complexity index is 94.9. The lowest BCUT2D eigenvalue weighted by Gasteiger charge is -1.95. The molecule has 0 aliphatic rings. The van der Waals surface area contributed by atoms with Crippen molar-refractivity contribution in [2.24, 2.45) is 0 Å². The van der Waals surface area contributed by atoms with E-state index in [-0.39, 0.29) is 12.7 Å². The molecule has 0 saturated carbocycles. The van der Waals surface area contributed by atoms with Crippen LogP contribution in [0.15, 0.2) is 12.2 Å². The van der Waals surface area contributed by atoms with Crippen molar-refractivity contribution >= 4 is 0 Å². The van der Waals surface area contributed by atoms with Crippen LogP contribution in [0, 0.1) is 0 Å². The zero-order valence-electron chi connectivity index (χ0n) is 4.90. The smallest absolute Gasteiger partial charge is 0.381 e. The van der Waals surface area contributed by atoms with Gasteiger partial charge < -0.3 is 4.74 Å². The van der Waals surface area contributed by atoms with Crippen LogP contribution in [0.3, 0.4) is 0 Å². The molecule has 0 atom stereocenters. The number of hydrogen-bond acceptors (Lipinski definition) is 1. The van der Waals surface area contributed by atoms with E-state index in [1.165, 1.54) is 7.11 Å². The van der Waals surface area contributed by atoms with Crippen LogP contribution >= 0.6 is 0 Å². The first-order chi connectivity index (χ1) is 4.06. The Morgan fingerprint density at radius 3 is 2.33 bits per heavy atom. The summed E-state index contributed by atoms with van der Waals surface area (Å²) in [5, 5.41) is 0. The number of allylic oxidation sites excluding steroid dienone is 1. The van der Waals surface area contributed by atoms with Crippen LogP contribution in [-0.2, 0) is 4.74 Å². The summed E-state index contributed by atoms with van der Waals surface area (Å²) < 4.78 is 38.1. The molecule has 0 saturated heterocycles. The molecule has 0 N–H and O–H groups in total. The molecule has 1 nitrogen and oxygen atoms in total. The van der Waals surface area contributed by atoms with E-state index in [4.69, 9.17) is 0 Å². The van der Waals surface area contributed by atoms with Crippen LogP contribution < -0.4 is 0 Å². The quantitative estimate of drug-likeness (QED) is 0.531. The highest BCUT2D eigenvalue weighted by Crippen LogP contribution is 2.15. The van der Waals surface area contributed by atoms with Crippen molar-refractivity contribution in [3.05, 3.63) is 12.2 Å². The normalized spacial score (nSPS) is 12.9. The summed E-state index contributed by atoms with van der Waals surface area (Å²) in [7, 11) is 1.33. The highest BCUT2D eigenvalue weighted by molar-refractivity contribution is 4.88. The average Bonchev–Trinajstić information content (AvgIpc) is 1.63. The molecule has 9 heavy (non-hydrogen) atoms. The lowest BCUT2D eigenvalue weighted by molar-refractivity contribution is -0.0802. The van der Waals surface area contributed by atoms with Crippen molar-refractivity contribution < 1.29 is 17.9 Å². The van der Waals surface area contributed by atoms with Gasteiger partial charge in [-0.1, -0.05) is 6.08 Å². The van der Waals surface area contributed by atoms with Gasteiger partial charge in [0.1, 0.15) is 0 Å². The highest BCUT2D eigenvalue weighted by Gasteiger charge is 2.21. The molecule has 54 valence electrons. The summed E-state index contributed by atoms with van der Waals surface area (Å²) in [5.41, 5.74) is 0. The van der Waals surface area contributed by atoms with E-state index in [2.05, 4.69) is 4.74 Å². The molecule has 0 rings (SSSR count). The predicted octanol–water partition coefficient (Wildman–Crippen LogP) is 1.75. The molecule has 0 aliphatic carbocycles. The minimum atomic E-state index is -4.21. The monoisotopic (exact) mass is 140 g/mol. The molecule has 0 aromatic carbocycles. The maximum Gasteiger partial charge on any atom is 0.409 e. The van der Waals surface area contributed by atoms with Gasteiger partial charge in [0.2, 0.25) is 0 Å². The molecular formula is C5H7F3O. The molecule has 4 heteroatoms. The standard InChI is InChI=1S/C5H7F3O/c1-9-4-2-3-5(6,7)8/h2-3H,4H2,1H3. The number of rotatable bonds is 2. The molecule has 0 aromatic heterocycles. The summed E-state index contributed by atoms with van der Waals surface area (Å²) in [6.45, 7) is -0.000486. The summed E-state index contributed by atoms with van der Waals surface area (Å²) >= 11 is 0. The van der Waals surface area contributed by atoms with Gasteiger partial charge in [-0.2, -0.15) is 13.2 Å². The van der Waals surface area contributed by atoms with E-state index in [9.17, 15) is 13.2 Å². The van der Waals surface area contributed by atoms with Gasteiger partial charge in [-0.05, 0) is 0 Å². The molecule has 0 aromatic rings. The zero-order chi connectivity index (χ0) is 7.33. The second-order valence-corrected chi connectivity index (χ2v) is 1.40. The number of halogens is 3. The Hall–Kier alpha value is -0.510. The summed E-state index contributed by atoms with van der Waals surface area (Å²) in [4.78, 5) is 0. The van der Waals surface area contributed by atoms with Crippen molar-refractivity contribution in [1.82, 2.24) is 0 Å². The first-order valence-corrected chi connectivity index (χ1v) is 2.29. The second kappa shape index (κ2) is 3.50. The molecule has 0 spiro atoms. The zero-order valence-corrected chi connectivity index (χ0v) is 4.90. The Labute approximate surface area is 51.1 Å². The molecule has 0 fully saturated rings. The lowest BCUT2D eigenvalue weighted by atomic mass is 10.5. The van der Waals surface area contributed by atoms with E-state index < -0.39 is 6.18 Å². The van der Waals surface area contributed by atoms with Gasteiger partial charge in [0.15, 0.2) is 0 Å². The lowest BCUT2D eigenvalue weighted by Crippen LogP contribution is -2.01. The topological polar surface area (TPSA) is 9.23 Å². The van der Waals surface area contributed by atoms with E-state index >= 15 is 0 Å². The Balaban J connectivity index is 3.45. The molecule has 0 amide bonds. The first kappa shape index (κ1) is 8.49. The Morgan fingerprint density at radius 1 is 1.44 bits per heavy atom. The maximum atomic E-state index is 11.2. The number of hydrogen-bond donors (Lipinski definition) is 0. The van der Waals surface area contributed by atoms with Crippen molar-refractivity contribution in [1.29, 1.82) is 0 Å². The van der Waals surface area contributed by atoms with Crippen molar-refractivity contribution in [3.8, 4) is 0 Å². The molecule has 0 bridgehead atoms. The van der Waals surface area contributed by atoms with Crippen LogP contribution in [0.5, 0.6) is 0 Å².